The van der Waals surface area contributed by atoms with Gasteiger partial charge in [0.15, 0.2) is 0 Å². The largest absolute Gasteiger partial charge is 0.383 e. The Labute approximate surface area is 115 Å². The van der Waals surface area contributed by atoms with Gasteiger partial charge in [0, 0.05) is 32.8 Å². The maximum atomic E-state index is 14.1. The van der Waals surface area contributed by atoms with E-state index in [9.17, 15) is 4.39 Å². The molecule has 0 bridgehead atoms. The summed E-state index contributed by atoms with van der Waals surface area (Å²) in [5.74, 6) is -0.151. The first kappa shape index (κ1) is 15.9. The minimum absolute atomic E-state index is 0.151. The van der Waals surface area contributed by atoms with Crippen molar-refractivity contribution in [1.29, 1.82) is 0 Å². The van der Waals surface area contributed by atoms with E-state index in [0.717, 1.165) is 18.7 Å². The molecule has 0 radical (unpaired) electrons. The number of anilines is 1. The number of nitrogens with zero attached hydrogens (tertiary/aromatic N) is 1. The van der Waals surface area contributed by atoms with Crippen LogP contribution in [0.25, 0.3) is 0 Å². The Kier molecular flexibility index (Phi) is 6.81. The van der Waals surface area contributed by atoms with E-state index in [-0.39, 0.29) is 5.82 Å². The summed E-state index contributed by atoms with van der Waals surface area (Å²) < 4.78 is 19.1. The van der Waals surface area contributed by atoms with Gasteiger partial charge in [0.1, 0.15) is 5.82 Å². The first-order chi connectivity index (χ1) is 9.10. The summed E-state index contributed by atoms with van der Waals surface area (Å²) in [6, 6.07) is 5.75. The van der Waals surface area contributed by atoms with E-state index < -0.39 is 0 Å². The molecule has 4 heteroatoms. The van der Waals surface area contributed by atoms with Crippen molar-refractivity contribution in [3.63, 3.8) is 0 Å². The zero-order valence-corrected chi connectivity index (χ0v) is 12.4. The highest BCUT2D eigenvalue weighted by Gasteiger charge is 2.13. The number of ether oxygens (including phenoxy) is 1. The van der Waals surface area contributed by atoms with Crippen molar-refractivity contribution in [1.82, 2.24) is 5.32 Å². The summed E-state index contributed by atoms with van der Waals surface area (Å²) in [4.78, 5) is 2.05. The Morgan fingerprint density at radius 2 is 2.11 bits per heavy atom. The fourth-order valence-electron chi connectivity index (χ4n) is 2.11. The number of nitrogens with one attached hydrogen (secondary N) is 1. The Bertz CT molecular complexity index is 382. The number of hydrogen-bond acceptors (Lipinski definition) is 3. The van der Waals surface area contributed by atoms with Gasteiger partial charge in [-0.3, -0.25) is 0 Å². The molecule has 0 aliphatic rings. The molecule has 0 unspecified atom stereocenters. The maximum Gasteiger partial charge on any atom is 0.146 e. The van der Waals surface area contributed by atoms with Crippen LogP contribution in [-0.4, -0.2) is 32.8 Å². The molecule has 0 saturated heterocycles. The van der Waals surface area contributed by atoms with Crippen LogP contribution in [0.2, 0.25) is 0 Å². The summed E-state index contributed by atoms with van der Waals surface area (Å²) in [7, 11) is 1.67. The zero-order chi connectivity index (χ0) is 14.3. The van der Waals surface area contributed by atoms with E-state index in [1.807, 2.05) is 19.1 Å². The molecule has 0 atom stereocenters. The summed E-state index contributed by atoms with van der Waals surface area (Å²) in [5.41, 5.74) is 1.63. The van der Waals surface area contributed by atoms with E-state index >= 15 is 0 Å². The van der Waals surface area contributed by atoms with Crippen LogP contribution in [0.4, 0.5) is 10.1 Å². The Hall–Kier alpha value is -1.13. The summed E-state index contributed by atoms with van der Waals surface area (Å²) in [6.45, 7) is 9.09. The standard InChI is InChI=1S/C15H25FN2O/c1-5-18(12(2)3)15-7-6-13(10-14(15)16)11-17-8-9-19-4/h6-7,10,12,17H,5,8-9,11H2,1-4H3. The van der Waals surface area contributed by atoms with Gasteiger partial charge in [-0.15, -0.1) is 0 Å². The molecule has 0 saturated carbocycles. The number of halogens is 1. The zero-order valence-electron chi connectivity index (χ0n) is 12.4. The summed E-state index contributed by atoms with van der Waals surface area (Å²) in [5, 5.41) is 3.21. The molecule has 0 aromatic heterocycles. The van der Waals surface area contributed by atoms with Crippen LogP contribution in [0, 0.1) is 5.82 Å². The second-order valence-electron chi connectivity index (χ2n) is 4.84. The highest BCUT2D eigenvalue weighted by Crippen LogP contribution is 2.22. The lowest BCUT2D eigenvalue weighted by Gasteiger charge is -2.28. The van der Waals surface area contributed by atoms with Crippen LogP contribution >= 0.6 is 0 Å². The van der Waals surface area contributed by atoms with Crippen LogP contribution in [-0.2, 0) is 11.3 Å². The van der Waals surface area contributed by atoms with Crippen molar-refractivity contribution in [3.8, 4) is 0 Å². The van der Waals surface area contributed by atoms with Gasteiger partial charge in [-0.25, -0.2) is 4.39 Å². The molecule has 1 aromatic carbocycles. The van der Waals surface area contributed by atoms with Gasteiger partial charge in [0.25, 0.3) is 0 Å². The third-order valence-corrected chi connectivity index (χ3v) is 3.10. The fourth-order valence-corrected chi connectivity index (χ4v) is 2.11. The lowest BCUT2D eigenvalue weighted by Crippen LogP contribution is -2.31. The predicted octanol–water partition coefficient (Wildman–Crippen LogP) is 2.80. The highest BCUT2D eigenvalue weighted by atomic mass is 19.1. The van der Waals surface area contributed by atoms with E-state index in [0.29, 0.717) is 24.9 Å². The molecule has 1 rings (SSSR count). The van der Waals surface area contributed by atoms with Crippen LogP contribution < -0.4 is 10.2 Å². The molecule has 0 spiro atoms. The van der Waals surface area contributed by atoms with Crippen molar-refractivity contribution < 1.29 is 9.13 Å². The molecule has 0 aliphatic carbocycles. The van der Waals surface area contributed by atoms with Crippen LogP contribution in [0.1, 0.15) is 26.3 Å². The van der Waals surface area contributed by atoms with Crippen LogP contribution in [0.3, 0.4) is 0 Å². The molecule has 0 heterocycles. The van der Waals surface area contributed by atoms with E-state index in [2.05, 4.69) is 24.1 Å². The van der Waals surface area contributed by atoms with E-state index in [1.165, 1.54) is 0 Å². The average Bonchev–Trinajstić information content (AvgIpc) is 2.37. The number of benzene rings is 1. The molecule has 1 aromatic rings. The smallest absolute Gasteiger partial charge is 0.146 e. The lowest BCUT2D eigenvalue weighted by molar-refractivity contribution is 0.199. The summed E-state index contributed by atoms with van der Waals surface area (Å²) in [6.07, 6.45) is 0. The normalized spacial score (nSPS) is 11.1. The minimum atomic E-state index is -0.151. The highest BCUT2D eigenvalue weighted by molar-refractivity contribution is 5.49. The van der Waals surface area contributed by atoms with Crippen LogP contribution in [0.5, 0.6) is 0 Å². The third-order valence-electron chi connectivity index (χ3n) is 3.10. The average molecular weight is 268 g/mol. The van der Waals surface area contributed by atoms with Gasteiger partial charge in [-0.1, -0.05) is 6.07 Å². The van der Waals surface area contributed by atoms with Gasteiger partial charge in [0.05, 0.1) is 12.3 Å². The molecule has 3 nitrogen and oxygen atoms in total. The lowest BCUT2D eigenvalue weighted by atomic mass is 10.1. The Morgan fingerprint density at radius 1 is 1.37 bits per heavy atom. The second-order valence-corrected chi connectivity index (χ2v) is 4.84. The molecule has 0 amide bonds. The van der Waals surface area contributed by atoms with Crippen molar-refractivity contribution in [2.45, 2.75) is 33.4 Å². The molecule has 1 N–H and O–H groups in total. The van der Waals surface area contributed by atoms with Gasteiger partial charge in [-0.2, -0.15) is 0 Å². The van der Waals surface area contributed by atoms with Crippen molar-refractivity contribution >= 4 is 5.69 Å². The summed E-state index contributed by atoms with van der Waals surface area (Å²) >= 11 is 0. The van der Waals surface area contributed by atoms with Gasteiger partial charge < -0.3 is 15.0 Å². The predicted molar refractivity (Wildman–Crippen MR) is 78.1 cm³/mol. The first-order valence-corrected chi connectivity index (χ1v) is 6.84. The fraction of sp³-hybridized carbons (Fsp3) is 0.600. The molecule has 0 fully saturated rings. The first-order valence-electron chi connectivity index (χ1n) is 6.84. The number of hydrogen-bond donors (Lipinski definition) is 1. The molecular weight excluding hydrogens is 243 g/mol. The van der Waals surface area contributed by atoms with Crippen molar-refractivity contribution in [2.75, 3.05) is 31.7 Å². The third kappa shape index (κ3) is 4.80. The van der Waals surface area contributed by atoms with Crippen molar-refractivity contribution in [3.05, 3.63) is 29.6 Å². The quantitative estimate of drug-likeness (QED) is 0.734. The van der Waals surface area contributed by atoms with Crippen molar-refractivity contribution in [2.24, 2.45) is 0 Å². The Morgan fingerprint density at radius 3 is 2.63 bits per heavy atom. The van der Waals surface area contributed by atoms with E-state index in [1.54, 1.807) is 13.2 Å². The number of methoxy groups -OCH3 is 1. The SMILES string of the molecule is CCN(c1ccc(CNCCOC)cc1F)C(C)C. The monoisotopic (exact) mass is 268 g/mol. The van der Waals surface area contributed by atoms with Gasteiger partial charge in [0.2, 0.25) is 0 Å². The maximum absolute atomic E-state index is 14.1. The Balaban J connectivity index is 2.68. The molecule has 0 aliphatic heterocycles. The van der Waals surface area contributed by atoms with Crippen LogP contribution in [0.15, 0.2) is 18.2 Å². The van der Waals surface area contributed by atoms with E-state index in [4.69, 9.17) is 4.74 Å². The molecule has 19 heavy (non-hydrogen) atoms. The topological polar surface area (TPSA) is 24.5 Å². The molecule has 108 valence electrons. The minimum Gasteiger partial charge on any atom is -0.383 e. The van der Waals surface area contributed by atoms with Gasteiger partial charge in [-0.05, 0) is 38.5 Å². The van der Waals surface area contributed by atoms with Gasteiger partial charge >= 0.3 is 0 Å². The molecular formula is C15H25FN2O. The second kappa shape index (κ2) is 8.12. The number of rotatable bonds is 8.